The first-order valence-electron chi connectivity index (χ1n) is 41.2. The highest BCUT2D eigenvalue weighted by atomic mass is 19.4. The van der Waals surface area contributed by atoms with Gasteiger partial charge in [0.05, 0.1) is 38.2 Å². The zero-order valence-corrected chi connectivity index (χ0v) is 67.8. The molecule has 4 saturated carbocycles. The van der Waals surface area contributed by atoms with Crippen LogP contribution in [0, 0.1) is 53.3 Å². The third-order valence-corrected chi connectivity index (χ3v) is 26.6. The number of rotatable bonds is 13. The van der Waals surface area contributed by atoms with E-state index in [-0.39, 0.29) is 147 Å². The van der Waals surface area contributed by atoms with Crippen molar-refractivity contribution >= 4 is 70.9 Å². The largest absolute Gasteiger partial charge is 0.397 e. The highest BCUT2D eigenvalue weighted by molar-refractivity contribution is 6.01. The minimum Gasteiger partial charge on any atom is -0.378 e. The summed E-state index contributed by atoms with van der Waals surface area (Å²) in [4.78, 5) is 196. The van der Waals surface area contributed by atoms with Gasteiger partial charge in [0.15, 0.2) is 0 Å². The van der Waals surface area contributed by atoms with E-state index in [4.69, 9.17) is 9.47 Å². The molecule has 4 aliphatic carbocycles. The molecule has 15 atom stereocenters. The van der Waals surface area contributed by atoms with Gasteiger partial charge in [0.2, 0.25) is 70.9 Å². The highest BCUT2D eigenvalue weighted by Gasteiger charge is 2.57. The number of carbonyl (C=O) groups excluding carboxylic acids is 12. The molecule has 0 aromatic heterocycles. The number of fused-ring (bicyclic) bond motifs is 4. The number of alkyl halides is 8. The second-order valence-corrected chi connectivity index (χ2v) is 34.6. The molecule has 1 spiro atoms. The summed E-state index contributed by atoms with van der Waals surface area (Å²) >= 11 is 0. The standard InChI is InChI=1S/C79H122F8N12O14/c1-13-45(5)65-74(109)97-29-26-56(97)71(106)93(10)59-35-46(6)47(7)41-98(73(59)108)61(38-48-20-23-51(24-21-48)78(82,83)84)70(105)91(8)43-62(100)88-55(25-22-49-36-53(80)64(54(81)37-49)79(85,86)87)69(104)99-42-52(113-14-2)39-58(99)68(103)90-77(27-17-28-77)76(111)95(12)66(50-18-15-16-19-50)75(110)94(11)60(72(107)96-30-32-112-33-31-96)40-63(101)92(9)57(34-44(3)4)67(102)89-65/h44-61,64-66H,13-43H2,1-12H3,(H,88,100)(H,89,102)(H,90,103)/t45-,46+,47-,48?,49?,51?,52+,53?,54?,55-,56-,57-,58-,59-,60-,61-,64?,65-,66-/m0/s1. The molecule has 5 saturated heterocycles. The number of hydrogen-bond acceptors (Lipinski definition) is 14. The number of halogens is 8. The fourth-order valence-electron chi connectivity index (χ4n) is 18.8. The van der Waals surface area contributed by atoms with Crippen LogP contribution < -0.4 is 16.0 Å². The third-order valence-electron chi connectivity index (χ3n) is 26.6. The minimum absolute atomic E-state index is 0.00476. The molecule has 5 heterocycles. The zero-order chi connectivity index (χ0) is 83.2. The second kappa shape index (κ2) is 37.9. The van der Waals surface area contributed by atoms with Crippen LogP contribution in [0.25, 0.3) is 0 Å². The van der Waals surface area contributed by atoms with E-state index >= 15 is 61.5 Å². The Hall–Kier alpha value is -7.00. The summed E-state index contributed by atoms with van der Waals surface area (Å²) in [7, 11) is 6.85. The molecular weight excluding hydrogens is 1490 g/mol. The number of likely N-dealkylation sites (N-methyl/N-ethyl adjacent to an activating group) is 5. The van der Waals surface area contributed by atoms with E-state index in [9.17, 15) is 31.1 Å². The Morgan fingerprint density at radius 2 is 1.24 bits per heavy atom. The van der Waals surface area contributed by atoms with Crippen molar-refractivity contribution in [3.05, 3.63) is 0 Å². The van der Waals surface area contributed by atoms with Crippen LogP contribution in [0.1, 0.15) is 190 Å². The monoisotopic (exact) mass is 1610 g/mol. The Kier molecular flexibility index (Phi) is 30.2. The molecule has 9 fully saturated rings. The molecule has 34 heteroatoms. The summed E-state index contributed by atoms with van der Waals surface area (Å²) in [6.45, 7) is 12.0. The lowest BCUT2D eigenvalue weighted by Crippen LogP contribution is -2.68. The van der Waals surface area contributed by atoms with Crippen LogP contribution in [0.3, 0.4) is 0 Å². The molecule has 0 aromatic carbocycles. The maximum Gasteiger partial charge on any atom is 0.397 e. The first kappa shape index (κ1) is 89.9. The van der Waals surface area contributed by atoms with Crippen molar-refractivity contribution in [2.45, 2.75) is 280 Å². The lowest BCUT2D eigenvalue weighted by atomic mass is 9.74. The van der Waals surface area contributed by atoms with Crippen molar-refractivity contribution in [2.75, 3.05) is 94.3 Å². The van der Waals surface area contributed by atoms with Crippen molar-refractivity contribution in [1.29, 1.82) is 0 Å². The summed E-state index contributed by atoms with van der Waals surface area (Å²) in [6.07, 6.45) is -16.4. The first-order chi connectivity index (χ1) is 53.1. The van der Waals surface area contributed by atoms with Gasteiger partial charge in [-0.2, -0.15) is 26.3 Å². The average Bonchev–Trinajstić information content (AvgIpc) is 1.47. The topological polar surface area (TPSA) is 289 Å². The van der Waals surface area contributed by atoms with Crippen LogP contribution in [0.5, 0.6) is 0 Å². The van der Waals surface area contributed by atoms with Crippen LogP contribution in [-0.2, 0) is 67.0 Å². The first-order valence-corrected chi connectivity index (χ1v) is 41.2. The molecular formula is C79H122F8N12O14. The molecule has 9 rings (SSSR count). The molecule has 12 amide bonds. The quantitative estimate of drug-likeness (QED) is 0.164. The fourth-order valence-corrected chi connectivity index (χ4v) is 18.8. The maximum absolute atomic E-state index is 15.8. The SMILES string of the molecule is CCO[C@@H]1C[C@H]2C(=O)NC3(CCC3)C(=O)N(C)[C@@H](C3CCCC3)C(=O)N(C)[C@H](C(=O)N3CCOCC3)CC(=O)N(C)[C@@H](CC(C)C)C(=O)N[C@@H]([C@@H](C)CC)C(=O)N3CC[C@H]3C(=O)N(C)[C@H]3C[C@@H](C)[C@@H](C)CN(C3=O)[C@@H](CC3CCC(C(F)(F)F)CC3)C(=O)N(C)CC(=O)N[C@@H](CCC3CC(F)C(C(F)(F)F)C(F)C3)C(=O)N2C1. The summed E-state index contributed by atoms with van der Waals surface area (Å²) in [6, 6.07) is -12.4. The van der Waals surface area contributed by atoms with Gasteiger partial charge in [-0.05, 0) is 158 Å². The molecule has 638 valence electrons. The van der Waals surface area contributed by atoms with Gasteiger partial charge in [-0.25, -0.2) is 8.78 Å². The van der Waals surface area contributed by atoms with E-state index in [2.05, 4.69) is 16.0 Å². The predicted octanol–water partition coefficient (Wildman–Crippen LogP) is 6.59. The van der Waals surface area contributed by atoms with Crippen molar-refractivity contribution < 1.29 is 102 Å². The van der Waals surface area contributed by atoms with Crippen molar-refractivity contribution in [3.63, 3.8) is 0 Å². The Bertz CT molecular complexity index is 3400. The van der Waals surface area contributed by atoms with Gasteiger partial charge >= 0.3 is 12.4 Å². The summed E-state index contributed by atoms with van der Waals surface area (Å²) in [5.41, 5.74) is -1.70. The lowest BCUT2D eigenvalue weighted by Gasteiger charge is -2.47. The van der Waals surface area contributed by atoms with Crippen molar-refractivity contribution in [3.8, 4) is 0 Å². The van der Waals surface area contributed by atoms with E-state index in [0.29, 0.717) is 38.5 Å². The van der Waals surface area contributed by atoms with Crippen LogP contribution in [0.2, 0.25) is 0 Å². The van der Waals surface area contributed by atoms with Crippen molar-refractivity contribution in [2.24, 2.45) is 53.3 Å². The molecule has 113 heavy (non-hydrogen) atoms. The summed E-state index contributed by atoms with van der Waals surface area (Å²) in [5.74, 6) is -17.3. The number of nitrogens with one attached hydrogen (secondary N) is 3. The van der Waals surface area contributed by atoms with Gasteiger partial charge in [-0.1, -0.05) is 60.8 Å². The van der Waals surface area contributed by atoms with Gasteiger partial charge in [0.25, 0.3) is 0 Å². The summed E-state index contributed by atoms with van der Waals surface area (Å²) in [5, 5.41) is 8.55. The maximum atomic E-state index is 15.8. The minimum atomic E-state index is -5.22. The van der Waals surface area contributed by atoms with E-state index in [1.165, 1.54) is 69.5 Å². The number of carbonyl (C=O) groups is 12. The Morgan fingerprint density at radius 3 is 1.80 bits per heavy atom. The van der Waals surface area contributed by atoms with Gasteiger partial charge in [-0.3, -0.25) is 57.5 Å². The summed E-state index contributed by atoms with van der Waals surface area (Å²) < 4.78 is 128. The number of ether oxygens (including phenoxy) is 2. The van der Waals surface area contributed by atoms with Crippen LogP contribution >= 0.6 is 0 Å². The van der Waals surface area contributed by atoms with Crippen molar-refractivity contribution in [1.82, 2.24) is 60.0 Å². The highest BCUT2D eigenvalue weighted by Crippen LogP contribution is 2.46. The van der Waals surface area contributed by atoms with Crippen LogP contribution in [0.4, 0.5) is 35.1 Å². The van der Waals surface area contributed by atoms with Gasteiger partial charge < -0.3 is 69.5 Å². The predicted molar refractivity (Wildman–Crippen MR) is 397 cm³/mol. The number of amides is 12. The normalized spacial score (nSPS) is 34.1. The lowest BCUT2D eigenvalue weighted by molar-refractivity contribution is -0.219. The van der Waals surface area contributed by atoms with Gasteiger partial charge in [0.1, 0.15) is 78.2 Å². The third kappa shape index (κ3) is 20.7. The molecule has 26 nitrogen and oxygen atoms in total. The molecule has 2 unspecified atom stereocenters. The van der Waals surface area contributed by atoms with E-state index < -0.39 is 229 Å². The van der Waals surface area contributed by atoms with Gasteiger partial charge in [-0.15, -0.1) is 0 Å². The molecule has 0 aromatic rings. The Balaban J connectivity index is 1.12. The van der Waals surface area contributed by atoms with E-state index in [0.717, 1.165) is 9.80 Å². The molecule has 0 radical (unpaired) electrons. The fraction of sp³-hybridized carbons (Fsp3) is 0.848. The molecule has 3 N–H and O–H groups in total. The average molecular weight is 1620 g/mol. The number of hydrogen-bond donors (Lipinski definition) is 3. The Labute approximate surface area is 658 Å². The zero-order valence-electron chi connectivity index (χ0n) is 67.8. The Morgan fingerprint density at radius 1 is 0.602 bits per heavy atom. The smallest absolute Gasteiger partial charge is 0.378 e. The molecule has 5 aliphatic heterocycles. The number of morpholine rings is 1. The number of nitrogens with zero attached hydrogens (tertiary/aromatic N) is 9. The van der Waals surface area contributed by atoms with E-state index in [1.807, 2.05) is 34.6 Å². The van der Waals surface area contributed by atoms with E-state index in [1.54, 1.807) is 13.8 Å². The van der Waals surface area contributed by atoms with Gasteiger partial charge in [0, 0.05) is 81.0 Å². The second-order valence-electron chi connectivity index (χ2n) is 34.6. The molecule has 9 aliphatic rings. The van der Waals surface area contributed by atoms with Crippen LogP contribution in [0.15, 0.2) is 0 Å². The van der Waals surface area contributed by atoms with Crippen LogP contribution in [-0.4, -0.2) is 300 Å². The molecule has 2 bridgehead atoms.